The van der Waals surface area contributed by atoms with Gasteiger partial charge < -0.3 is 17.7 Å². The molecule has 0 radical (unpaired) electrons. The largest absolute Gasteiger partial charge is 1.00 e. The van der Waals surface area contributed by atoms with Crippen molar-refractivity contribution in [1.29, 1.82) is 0 Å². The molecule has 6 heteroatoms. The van der Waals surface area contributed by atoms with Gasteiger partial charge in [-0.2, -0.15) is 0 Å². The van der Waals surface area contributed by atoms with Crippen molar-refractivity contribution < 1.29 is 69.1 Å². The molecule has 1 saturated heterocycles. The second-order valence-electron chi connectivity index (χ2n) is 3.66. The van der Waals surface area contributed by atoms with Gasteiger partial charge in [0, 0.05) is 6.61 Å². The molecule has 0 aromatic carbocycles. The summed E-state index contributed by atoms with van der Waals surface area (Å²) in [6.45, 7) is -1.47. The minimum absolute atomic E-state index is 0. The summed E-state index contributed by atoms with van der Waals surface area (Å²) in [4.78, 5) is 0. The van der Waals surface area contributed by atoms with Crippen LogP contribution in [-0.4, -0.2) is 19.2 Å². The van der Waals surface area contributed by atoms with Crippen molar-refractivity contribution in [2.45, 2.75) is 31.7 Å². The van der Waals surface area contributed by atoms with E-state index in [9.17, 15) is 12.9 Å². The maximum atomic E-state index is 12.1. The van der Waals surface area contributed by atoms with Gasteiger partial charge in [0.05, 0.1) is 5.60 Å². The van der Waals surface area contributed by atoms with Crippen molar-refractivity contribution >= 4 is 6.98 Å². The molecule has 0 aromatic rings. The van der Waals surface area contributed by atoms with Crippen molar-refractivity contribution in [3.8, 4) is 0 Å². The molecule has 0 N–H and O–H groups in total. The van der Waals surface area contributed by atoms with Gasteiger partial charge in [-0.3, -0.25) is 0 Å². The molecule has 0 spiro atoms. The molecule has 1 heterocycles. The molecule has 0 amide bonds. The number of hydrogen-bond acceptors (Lipinski definition) is 1. The normalized spacial score (nSPS) is 28.2. The Morgan fingerprint density at radius 1 is 1.33 bits per heavy atom. The summed E-state index contributed by atoms with van der Waals surface area (Å²) >= 11 is 0. The van der Waals surface area contributed by atoms with E-state index in [1.54, 1.807) is 13.8 Å². The van der Waals surface area contributed by atoms with Crippen LogP contribution in [0, 0.1) is 0 Å². The van der Waals surface area contributed by atoms with Crippen LogP contribution in [0.3, 0.4) is 0 Å². The zero-order chi connectivity index (χ0) is 8.70. The van der Waals surface area contributed by atoms with Crippen molar-refractivity contribution in [2.75, 3.05) is 6.61 Å². The molecule has 1 aliphatic rings. The van der Waals surface area contributed by atoms with E-state index < -0.39 is 18.4 Å². The zero-order valence-corrected chi connectivity index (χ0v) is 10.7. The minimum Gasteiger partial charge on any atom is -0.449 e. The van der Waals surface area contributed by atoms with Crippen LogP contribution in [0.15, 0.2) is 0 Å². The standard InChI is InChI=1S/C6H11BF3O.K/c1-6(2)3-5(4-11-6)7(8,9)10;/h5H,3-4H2,1-2H3;/q-1;+1. The Bertz CT molecular complexity index is 159. The Balaban J connectivity index is 0.00000121. The fraction of sp³-hybridized carbons (Fsp3) is 1.00. The first-order chi connectivity index (χ1) is 4.81. The monoisotopic (exact) mass is 206 g/mol. The Morgan fingerprint density at radius 2 is 1.83 bits per heavy atom. The molecule has 1 atom stereocenters. The van der Waals surface area contributed by atoms with Gasteiger partial charge in [-0.25, -0.2) is 0 Å². The predicted octanol–water partition coefficient (Wildman–Crippen LogP) is -0.593. The van der Waals surface area contributed by atoms with Crippen LogP contribution in [-0.2, 0) is 4.74 Å². The Kier molecular flexibility index (Phi) is 4.84. The van der Waals surface area contributed by atoms with Crippen LogP contribution in [0.25, 0.3) is 0 Å². The molecule has 66 valence electrons. The van der Waals surface area contributed by atoms with E-state index in [0.717, 1.165) is 0 Å². The van der Waals surface area contributed by atoms with Crippen molar-refractivity contribution in [2.24, 2.45) is 0 Å². The van der Waals surface area contributed by atoms with Gasteiger partial charge in [-0.05, 0) is 26.1 Å². The fourth-order valence-electron chi connectivity index (χ4n) is 1.32. The average molecular weight is 206 g/mol. The molecule has 0 bridgehead atoms. The van der Waals surface area contributed by atoms with E-state index in [4.69, 9.17) is 4.74 Å². The predicted molar refractivity (Wildman–Crippen MR) is 37.5 cm³/mol. The summed E-state index contributed by atoms with van der Waals surface area (Å²) in [5, 5.41) is 0. The van der Waals surface area contributed by atoms with Crippen LogP contribution in [0.5, 0.6) is 0 Å². The van der Waals surface area contributed by atoms with E-state index >= 15 is 0 Å². The van der Waals surface area contributed by atoms with Gasteiger partial charge in [0.2, 0.25) is 0 Å². The molecular weight excluding hydrogens is 195 g/mol. The first-order valence-corrected chi connectivity index (χ1v) is 3.65. The van der Waals surface area contributed by atoms with Crippen LogP contribution >= 0.6 is 0 Å². The molecule has 0 saturated carbocycles. The summed E-state index contributed by atoms with van der Waals surface area (Å²) in [5.41, 5.74) is -0.581. The second kappa shape index (κ2) is 4.32. The van der Waals surface area contributed by atoms with E-state index in [-0.39, 0.29) is 64.4 Å². The Hall–Kier alpha value is 1.45. The quantitative estimate of drug-likeness (QED) is 0.521. The third kappa shape index (κ3) is 3.67. The molecule has 12 heavy (non-hydrogen) atoms. The summed E-state index contributed by atoms with van der Waals surface area (Å²) < 4.78 is 41.2. The van der Waals surface area contributed by atoms with E-state index in [2.05, 4.69) is 0 Å². The van der Waals surface area contributed by atoms with Crippen molar-refractivity contribution in [3.63, 3.8) is 0 Å². The van der Waals surface area contributed by atoms with Gasteiger partial charge in [0.25, 0.3) is 0 Å². The number of ether oxygens (including phenoxy) is 1. The van der Waals surface area contributed by atoms with Crippen LogP contribution in [0.2, 0.25) is 5.82 Å². The van der Waals surface area contributed by atoms with Gasteiger partial charge in [-0.15, -0.1) is 0 Å². The summed E-state index contributed by atoms with van der Waals surface area (Å²) in [5.74, 6) is -1.20. The number of rotatable bonds is 1. The molecule has 0 aromatic heterocycles. The molecule has 1 aliphatic heterocycles. The minimum atomic E-state index is -4.70. The molecule has 0 aliphatic carbocycles. The first kappa shape index (κ1) is 13.5. The number of hydrogen-bond donors (Lipinski definition) is 0. The zero-order valence-electron chi connectivity index (χ0n) is 7.61. The van der Waals surface area contributed by atoms with Crippen LogP contribution in [0.1, 0.15) is 20.3 Å². The molecule has 1 unspecified atom stereocenters. The smallest absolute Gasteiger partial charge is 0.449 e. The number of halogens is 3. The van der Waals surface area contributed by atoms with Crippen molar-refractivity contribution in [3.05, 3.63) is 0 Å². The molecule has 1 rings (SSSR count). The van der Waals surface area contributed by atoms with E-state index in [1.807, 2.05) is 0 Å². The van der Waals surface area contributed by atoms with Gasteiger partial charge in [0.15, 0.2) is 0 Å². The summed E-state index contributed by atoms with van der Waals surface area (Å²) in [7, 11) is 0. The third-order valence-electron chi connectivity index (χ3n) is 1.98. The topological polar surface area (TPSA) is 9.23 Å². The third-order valence-corrected chi connectivity index (χ3v) is 1.98. The summed E-state index contributed by atoms with van der Waals surface area (Å²) in [6, 6.07) is 0. The van der Waals surface area contributed by atoms with E-state index in [0.29, 0.717) is 0 Å². The SMILES string of the molecule is CC1(C)CC([B-](F)(F)F)CO1.[K+]. The van der Waals surface area contributed by atoms with Gasteiger partial charge >= 0.3 is 58.4 Å². The maximum Gasteiger partial charge on any atom is 1.00 e. The first-order valence-electron chi connectivity index (χ1n) is 3.65. The average Bonchev–Trinajstić information content (AvgIpc) is 2.07. The Morgan fingerprint density at radius 3 is 2.00 bits per heavy atom. The molecular formula is C6H11BF3KO. The Labute approximate surface area is 113 Å². The fourth-order valence-corrected chi connectivity index (χ4v) is 1.32. The van der Waals surface area contributed by atoms with Gasteiger partial charge in [0.1, 0.15) is 0 Å². The van der Waals surface area contributed by atoms with Crippen molar-refractivity contribution in [1.82, 2.24) is 0 Å². The second-order valence-corrected chi connectivity index (χ2v) is 3.66. The molecule has 1 fully saturated rings. The molecule has 1 nitrogen and oxygen atoms in total. The van der Waals surface area contributed by atoms with Crippen LogP contribution in [0.4, 0.5) is 12.9 Å². The maximum absolute atomic E-state index is 12.1. The van der Waals surface area contributed by atoms with E-state index in [1.165, 1.54) is 0 Å². The van der Waals surface area contributed by atoms with Crippen LogP contribution < -0.4 is 51.4 Å². The van der Waals surface area contributed by atoms with Gasteiger partial charge in [-0.1, -0.05) is 0 Å². The summed E-state index contributed by atoms with van der Waals surface area (Å²) in [6.07, 6.45) is 0.108.